The van der Waals surface area contributed by atoms with Gasteiger partial charge in [-0.05, 0) is 34.1 Å². The van der Waals surface area contributed by atoms with Crippen molar-refractivity contribution in [1.29, 1.82) is 0 Å². The van der Waals surface area contributed by atoms with Crippen LogP contribution in [0.25, 0.3) is 0 Å². The van der Waals surface area contributed by atoms with Crippen LogP contribution in [0.3, 0.4) is 0 Å². The van der Waals surface area contributed by atoms with Crippen molar-refractivity contribution in [1.82, 2.24) is 9.97 Å². The minimum absolute atomic E-state index is 0.141. The predicted molar refractivity (Wildman–Crippen MR) is 72.8 cm³/mol. The van der Waals surface area contributed by atoms with E-state index in [0.29, 0.717) is 9.92 Å². The molecular formula is C11H8BrFN4OS. The Labute approximate surface area is 120 Å². The molecule has 0 radical (unpaired) electrons. The van der Waals surface area contributed by atoms with Crippen LogP contribution >= 0.6 is 27.7 Å². The number of halogens is 2. The van der Waals surface area contributed by atoms with E-state index in [-0.39, 0.29) is 15.9 Å². The molecule has 98 valence electrons. The highest BCUT2D eigenvalue weighted by Crippen LogP contribution is 2.33. The topological polar surface area (TPSA) is 84.4 Å². The van der Waals surface area contributed by atoms with E-state index in [4.69, 9.17) is 10.9 Å². The maximum Gasteiger partial charge on any atom is 0.171 e. The van der Waals surface area contributed by atoms with E-state index in [1.807, 2.05) is 0 Å². The van der Waals surface area contributed by atoms with Gasteiger partial charge >= 0.3 is 0 Å². The van der Waals surface area contributed by atoms with E-state index in [2.05, 4.69) is 31.1 Å². The van der Waals surface area contributed by atoms with Crippen LogP contribution in [0.1, 0.15) is 5.56 Å². The van der Waals surface area contributed by atoms with Gasteiger partial charge in [0.1, 0.15) is 11.4 Å². The molecule has 0 aliphatic carbocycles. The lowest BCUT2D eigenvalue weighted by molar-refractivity contribution is 0.318. The summed E-state index contributed by atoms with van der Waals surface area (Å²) in [5.74, 6) is -0.655. The molecule has 0 aliphatic heterocycles. The highest BCUT2D eigenvalue weighted by molar-refractivity contribution is 9.10. The second-order valence-corrected chi connectivity index (χ2v) is 5.23. The second-order valence-electron chi connectivity index (χ2n) is 3.37. The van der Waals surface area contributed by atoms with Crippen LogP contribution in [0.4, 0.5) is 4.39 Å². The number of benzene rings is 1. The first-order chi connectivity index (χ1) is 9.13. The van der Waals surface area contributed by atoms with Crippen molar-refractivity contribution in [2.75, 3.05) is 0 Å². The van der Waals surface area contributed by atoms with Gasteiger partial charge in [0.15, 0.2) is 11.7 Å². The van der Waals surface area contributed by atoms with Crippen molar-refractivity contribution in [2.24, 2.45) is 10.9 Å². The minimum atomic E-state index is -0.493. The van der Waals surface area contributed by atoms with E-state index in [0.717, 1.165) is 11.8 Å². The fraction of sp³-hybridized carbons (Fsp3) is 0. The molecule has 0 atom stereocenters. The highest BCUT2D eigenvalue weighted by atomic mass is 79.9. The zero-order valence-electron chi connectivity index (χ0n) is 9.42. The Morgan fingerprint density at radius 3 is 2.84 bits per heavy atom. The normalized spacial score (nSPS) is 11.6. The molecule has 1 aromatic heterocycles. The Kier molecular flexibility index (Phi) is 4.33. The number of hydrogen-bond acceptors (Lipinski definition) is 5. The lowest BCUT2D eigenvalue weighted by Crippen LogP contribution is -2.14. The van der Waals surface area contributed by atoms with Gasteiger partial charge in [-0.3, -0.25) is 0 Å². The summed E-state index contributed by atoms with van der Waals surface area (Å²) in [5, 5.41) is 12.1. The Morgan fingerprint density at radius 2 is 2.21 bits per heavy atom. The smallest absolute Gasteiger partial charge is 0.171 e. The van der Waals surface area contributed by atoms with Gasteiger partial charge in [0.2, 0.25) is 0 Å². The van der Waals surface area contributed by atoms with Crippen molar-refractivity contribution in [3.63, 3.8) is 0 Å². The average molecular weight is 343 g/mol. The predicted octanol–water partition coefficient (Wildman–Crippen LogP) is 2.62. The molecule has 0 saturated carbocycles. The third-order valence-electron chi connectivity index (χ3n) is 2.20. The summed E-state index contributed by atoms with van der Waals surface area (Å²) in [6.07, 6.45) is 2.97. The summed E-state index contributed by atoms with van der Waals surface area (Å²) >= 11 is 4.25. The summed E-state index contributed by atoms with van der Waals surface area (Å²) < 4.78 is 14.3. The SMILES string of the molecule is N/C(=N/O)c1ccc(Sc2ccncn2)c(F)c1Br. The number of aromatic nitrogens is 2. The van der Waals surface area contributed by atoms with Crippen LogP contribution in [0, 0.1) is 5.82 Å². The standard InChI is InChI=1S/C11H8BrFN4OS/c12-9-6(11(14)17-18)1-2-7(10(9)13)19-8-3-4-15-5-16-8/h1-5,18H,(H2,14,17). The number of rotatable bonds is 3. The highest BCUT2D eigenvalue weighted by Gasteiger charge is 2.15. The summed E-state index contributed by atoms with van der Waals surface area (Å²) in [5.41, 5.74) is 5.73. The lowest BCUT2D eigenvalue weighted by Gasteiger charge is -2.08. The van der Waals surface area contributed by atoms with Crippen LogP contribution < -0.4 is 5.73 Å². The third kappa shape index (κ3) is 3.02. The number of nitrogens with zero attached hydrogens (tertiary/aromatic N) is 3. The van der Waals surface area contributed by atoms with Gasteiger partial charge in [0.25, 0.3) is 0 Å². The van der Waals surface area contributed by atoms with Gasteiger partial charge in [0.05, 0.1) is 9.37 Å². The molecule has 2 aromatic rings. The fourth-order valence-electron chi connectivity index (χ4n) is 1.31. The Morgan fingerprint density at radius 1 is 1.42 bits per heavy atom. The van der Waals surface area contributed by atoms with Gasteiger partial charge in [-0.25, -0.2) is 14.4 Å². The zero-order valence-corrected chi connectivity index (χ0v) is 11.8. The quantitative estimate of drug-likeness (QED) is 0.294. The molecule has 0 aliphatic rings. The summed E-state index contributed by atoms with van der Waals surface area (Å²) in [4.78, 5) is 8.16. The van der Waals surface area contributed by atoms with Crippen molar-refractivity contribution in [3.05, 3.63) is 46.6 Å². The van der Waals surface area contributed by atoms with E-state index >= 15 is 0 Å². The Hall–Kier alpha value is -1.67. The Bertz CT molecular complexity index is 624. The number of amidine groups is 1. The van der Waals surface area contributed by atoms with Crippen LogP contribution in [-0.4, -0.2) is 21.0 Å². The first-order valence-electron chi connectivity index (χ1n) is 5.03. The molecule has 0 amide bonds. The average Bonchev–Trinajstić information content (AvgIpc) is 2.44. The molecular weight excluding hydrogens is 335 g/mol. The number of hydrogen-bond donors (Lipinski definition) is 2. The molecule has 1 aromatic carbocycles. The minimum Gasteiger partial charge on any atom is -0.409 e. The van der Waals surface area contributed by atoms with Gasteiger partial charge < -0.3 is 10.9 Å². The molecule has 0 saturated heterocycles. The Balaban J connectivity index is 2.37. The van der Waals surface area contributed by atoms with Crippen molar-refractivity contribution in [3.8, 4) is 0 Å². The van der Waals surface area contributed by atoms with Gasteiger partial charge in [-0.15, -0.1) is 0 Å². The van der Waals surface area contributed by atoms with Crippen LogP contribution in [0.2, 0.25) is 0 Å². The molecule has 8 heteroatoms. The largest absolute Gasteiger partial charge is 0.409 e. The molecule has 0 spiro atoms. The van der Waals surface area contributed by atoms with Gasteiger partial charge in [-0.2, -0.15) is 0 Å². The van der Waals surface area contributed by atoms with Crippen molar-refractivity contribution in [2.45, 2.75) is 9.92 Å². The molecule has 2 rings (SSSR count). The molecule has 1 heterocycles. The maximum absolute atomic E-state index is 14.1. The second kappa shape index (κ2) is 5.98. The van der Waals surface area contributed by atoms with E-state index in [1.165, 1.54) is 6.33 Å². The van der Waals surface area contributed by atoms with Gasteiger partial charge in [0, 0.05) is 11.8 Å². The van der Waals surface area contributed by atoms with E-state index in [1.54, 1.807) is 24.4 Å². The van der Waals surface area contributed by atoms with Gasteiger partial charge in [-0.1, -0.05) is 16.9 Å². The monoisotopic (exact) mass is 342 g/mol. The first kappa shape index (κ1) is 13.8. The summed E-state index contributed by atoms with van der Waals surface area (Å²) in [7, 11) is 0. The number of nitrogens with two attached hydrogens (primary N) is 1. The molecule has 0 bridgehead atoms. The van der Waals surface area contributed by atoms with Crippen LogP contribution in [-0.2, 0) is 0 Å². The first-order valence-corrected chi connectivity index (χ1v) is 6.64. The molecule has 3 N–H and O–H groups in total. The van der Waals surface area contributed by atoms with Crippen molar-refractivity contribution < 1.29 is 9.60 Å². The van der Waals surface area contributed by atoms with E-state index in [9.17, 15) is 4.39 Å². The molecule has 5 nitrogen and oxygen atoms in total. The van der Waals surface area contributed by atoms with E-state index < -0.39 is 5.82 Å². The summed E-state index contributed by atoms with van der Waals surface area (Å²) in [6, 6.07) is 4.78. The third-order valence-corrected chi connectivity index (χ3v) is 3.96. The number of oxime groups is 1. The van der Waals surface area contributed by atoms with Crippen LogP contribution in [0.15, 0.2) is 50.3 Å². The van der Waals surface area contributed by atoms with Crippen molar-refractivity contribution >= 4 is 33.5 Å². The fourth-order valence-corrected chi connectivity index (χ4v) is 2.78. The zero-order chi connectivity index (χ0) is 13.8. The molecule has 0 unspecified atom stereocenters. The molecule has 19 heavy (non-hydrogen) atoms. The maximum atomic E-state index is 14.1. The van der Waals surface area contributed by atoms with Crippen LogP contribution in [0.5, 0.6) is 0 Å². The summed E-state index contributed by atoms with van der Waals surface area (Å²) in [6.45, 7) is 0. The lowest BCUT2D eigenvalue weighted by atomic mass is 10.2. The molecule has 0 fully saturated rings.